The molecule has 0 heterocycles. The third kappa shape index (κ3) is 6.56. The second-order valence-corrected chi connectivity index (χ2v) is 3.02. The van der Waals surface area contributed by atoms with E-state index in [0.29, 0.717) is 0 Å². The Kier molecular flexibility index (Phi) is 8.09. The van der Waals surface area contributed by atoms with E-state index in [2.05, 4.69) is 17.0 Å². The summed E-state index contributed by atoms with van der Waals surface area (Å²) in [6.45, 7) is 2.24. The van der Waals surface area contributed by atoms with Crippen molar-refractivity contribution in [1.29, 1.82) is 0 Å². The molecule has 0 aliphatic carbocycles. The normalized spacial score (nSPS) is 10.8. The SMILES string of the molecule is CCCCCC=[CH][SbH2]. The van der Waals surface area contributed by atoms with E-state index in [0.717, 1.165) is 0 Å². The van der Waals surface area contributed by atoms with Crippen molar-refractivity contribution in [3.8, 4) is 0 Å². The number of hydrogen-bond donors (Lipinski definition) is 0. The first-order valence-electron chi connectivity index (χ1n) is 3.28. The van der Waals surface area contributed by atoms with Crippen LogP contribution in [0, 0.1) is 0 Å². The molecule has 0 aromatic rings. The molecule has 0 saturated heterocycles. The first kappa shape index (κ1) is 8.56. The van der Waals surface area contributed by atoms with Gasteiger partial charge in [0.15, 0.2) is 0 Å². The minimum absolute atomic E-state index is 1.28. The van der Waals surface area contributed by atoms with E-state index in [1.165, 1.54) is 48.7 Å². The van der Waals surface area contributed by atoms with E-state index >= 15 is 0 Å². The van der Waals surface area contributed by atoms with E-state index in [9.17, 15) is 0 Å². The van der Waals surface area contributed by atoms with Crippen LogP contribution in [0.4, 0.5) is 0 Å². The van der Waals surface area contributed by atoms with Crippen LogP contribution in [0.25, 0.3) is 0 Å². The molecule has 0 saturated carbocycles. The quantitative estimate of drug-likeness (QED) is 0.500. The molecule has 0 spiro atoms. The van der Waals surface area contributed by atoms with Crippen LogP contribution in [-0.2, 0) is 0 Å². The molecule has 1 heteroatoms. The summed E-state index contributed by atoms with van der Waals surface area (Å²) in [4.78, 5) is 0. The Hall–Kier alpha value is 0.558. The summed E-state index contributed by atoms with van der Waals surface area (Å²) in [5, 5.41) is 0. The molecule has 0 aromatic carbocycles. The summed E-state index contributed by atoms with van der Waals surface area (Å²) in [7, 11) is 0. The minimum atomic E-state index is 1.28. The van der Waals surface area contributed by atoms with Gasteiger partial charge in [-0.15, -0.1) is 0 Å². The number of unbranched alkanes of at least 4 members (excludes halogenated alkanes) is 3. The van der Waals surface area contributed by atoms with Crippen LogP contribution in [-0.4, -0.2) is 23.0 Å². The van der Waals surface area contributed by atoms with Crippen LogP contribution in [0.2, 0.25) is 0 Å². The molecule has 0 unspecified atom stereocenters. The average molecular weight is 221 g/mol. The summed E-state index contributed by atoms with van der Waals surface area (Å²) < 4.78 is 2.25. The maximum atomic E-state index is 2.29. The van der Waals surface area contributed by atoms with Gasteiger partial charge in [0.1, 0.15) is 0 Å². The molecule has 0 aliphatic heterocycles. The first-order chi connectivity index (χ1) is 3.91. The van der Waals surface area contributed by atoms with Crippen LogP contribution in [0.15, 0.2) is 10.1 Å². The van der Waals surface area contributed by atoms with Crippen molar-refractivity contribution in [3.63, 3.8) is 0 Å². The van der Waals surface area contributed by atoms with Crippen LogP contribution in [0.1, 0.15) is 32.6 Å². The fourth-order valence-electron chi connectivity index (χ4n) is 0.608. The summed E-state index contributed by atoms with van der Waals surface area (Å²) in [5.74, 6) is 0. The van der Waals surface area contributed by atoms with E-state index in [1.807, 2.05) is 0 Å². The van der Waals surface area contributed by atoms with Gasteiger partial charge >= 0.3 is 65.7 Å². The maximum absolute atomic E-state index is 2.29. The molecule has 0 amide bonds. The van der Waals surface area contributed by atoms with Crippen molar-refractivity contribution in [3.05, 3.63) is 10.1 Å². The molecule has 0 radical (unpaired) electrons. The van der Waals surface area contributed by atoms with E-state index in [4.69, 9.17) is 0 Å². The van der Waals surface area contributed by atoms with E-state index < -0.39 is 0 Å². The third-order valence-corrected chi connectivity index (χ3v) is 1.89. The molecule has 0 rings (SSSR count). The third-order valence-electron chi connectivity index (χ3n) is 1.11. The zero-order valence-electron chi connectivity index (χ0n) is 5.56. The molecule has 0 atom stereocenters. The summed E-state index contributed by atoms with van der Waals surface area (Å²) in [5.41, 5.74) is 0. The Labute approximate surface area is 65.8 Å². The number of rotatable bonds is 4. The first-order valence-corrected chi connectivity index (χ1v) is 5.18. The second kappa shape index (κ2) is 7.56. The Morgan fingerprint density at radius 1 is 1.38 bits per heavy atom. The Morgan fingerprint density at radius 3 is 2.62 bits per heavy atom. The van der Waals surface area contributed by atoms with Crippen molar-refractivity contribution in [2.45, 2.75) is 32.6 Å². The van der Waals surface area contributed by atoms with Gasteiger partial charge in [0, 0.05) is 0 Å². The van der Waals surface area contributed by atoms with E-state index in [1.54, 1.807) is 0 Å². The Morgan fingerprint density at radius 2 is 2.12 bits per heavy atom. The summed E-state index contributed by atoms with van der Waals surface area (Å²) >= 11 is 1.28. The molecule has 8 heavy (non-hydrogen) atoms. The van der Waals surface area contributed by atoms with Gasteiger partial charge in [-0.1, -0.05) is 0 Å². The monoisotopic (exact) mass is 220 g/mol. The average Bonchev–Trinajstić information content (AvgIpc) is 1.81. The summed E-state index contributed by atoms with van der Waals surface area (Å²) in [6.07, 6.45) is 7.71. The molecule has 0 fully saturated rings. The van der Waals surface area contributed by atoms with Gasteiger partial charge in [0.2, 0.25) is 0 Å². The van der Waals surface area contributed by atoms with Crippen LogP contribution >= 0.6 is 0 Å². The van der Waals surface area contributed by atoms with Gasteiger partial charge < -0.3 is 0 Å². The summed E-state index contributed by atoms with van der Waals surface area (Å²) in [6, 6.07) is 0. The van der Waals surface area contributed by atoms with Gasteiger partial charge in [-0.2, -0.15) is 0 Å². The van der Waals surface area contributed by atoms with Crippen molar-refractivity contribution in [1.82, 2.24) is 0 Å². The molecule has 0 aromatic heterocycles. The molecule has 0 aliphatic rings. The molecule has 0 N–H and O–H groups in total. The molecular formula is C7H15Sb. The van der Waals surface area contributed by atoms with Crippen molar-refractivity contribution in [2.75, 3.05) is 0 Å². The van der Waals surface area contributed by atoms with Gasteiger partial charge in [-0.3, -0.25) is 0 Å². The van der Waals surface area contributed by atoms with Crippen molar-refractivity contribution in [2.24, 2.45) is 0 Å². The van der Waals surface area contributed by atoms with Gasteiger partial charge in [0.05, 0.1) is 0 Å². The second-order valence-electron chi connectivity index (χ2n) is 1.92. The van der Waals surface area contributed by atoms with Crippen LogP contribution in [0.5, 0.6) is 0 Å². The molecular weight excluding hydrogens is 206 g/mol. The predicted octanol–water partition coefficient (Wildman–Crippen LogP) is 1.71. The van der Waals surface area contributed by atoms with Gasteiger partial charge in [-0.05, 0) is 0 Å². The topological polar surface area (TPSA) is 0 Å². The van der Waals surface area contributed by atoms with Gasteiger partial charge in [0.25, 0.3) is 0 Å². The van der Waals surface area contributed by atoms with Gasteiger partial charge in [-0.25, -0.2) is 0 Å². The predicted molar refractivity (Wildman–Crippen MR) is 41.8 cm³/mol. The van der Waals surface area contributed by atoms with Crippen molar-refractivity contribution < 1.29 is 0 Å². The fraction of sp³-hybridized carbons (Fsp3) is 0.714. The van der Waals surface area contributed by atoms with Crippen LogP contribution in [0.3, 0.4) is 0 Å². The van der Waals surface area contributed by atoms with Crippen molar-refractivity contribution >= 4 is 23.0 Å². The zero-order valence-corrected chi connectivity index (χ0v) is 8.86. The van der Waals surface area contributed by atoms with Crippen LogP contribution < -0.4 is 0 Å². The Bertz CT molecular complexity index is 57.4. The van der Waals surface area contributed by atoms with E-state index in [-0.39, 0.29) is 0 Å². The number of hydrogen-bond acceptors (Lipinski definition) is 0. The molecule has 0 bridgehead atoms. The Balaban J connectivity index is 2.72. The molecule has 0 nitrogen and oxygen atoms in total. The standard InChI is InChI=1S/C7H13.Sb.2H/c1-3-5-7-6-4-2;;;/h1,3H,4-7H2,2H3;;;. The zero-order chi connectivity index (χ0) is 6.24. The molecule has 48 valence electrons. The number of allylic oxidation sites excluding steroid dienone is 1. The fourth-order valence-corrected chi connectivity index (χ4v) is 1.16.